The Morgan fingerprint density at radius 1 is 0.944 bits per heavy atom. The van der Waals surface area contributed by atoms with Crippen molar-refractivity contribution in [3.05, 3.63) is 61.6 Å². The highest BCUT2D eigenvalue weighted by molar-refractivity contribution is 6.42. The van der Waals surface area contributed by atoms with Crippen LogP contribution in [-0.2, 0) is 0 Å². The van der Waals surface area contributed by atoms with Crippen LogP contribution in [0.4, 0.5) is 5.69 Å². The smallest absolute Gasteiger partial charge is 0.258 e. The number of benzene rings is 2. The third kappa shape index (κ3) is 2.58. The number of halogens is 3. The van der Waals surface area contributed by atoms with Crippen molar-refractivity contribution in [3.63, 3.8) is 0 Å². The van der Waals surface area contributed by atoms with E-state index >= 15 is 0 Å². The lowest BCUT2D eigenvalue weighted by molar-refractivity contribution is -0.384. The van der Waals surface area contributed by atoms with E-state index in [9.17, 15) is 10.1 Å². The Labute approximate surface area is 118 Å². The van der Waals surface area contributed by atoms with Gasteiger partial charge < -0.3 is 0 Å². The Hall–Kier alpha value is -1.29. The van der Waals surface area contributed by atoms with Crippen LogP contribution in [0.1, 0.15) is 0 Å². The SMILES string of the molecule is O=[N+]([O-])c1cc(Cl)ccc1-c1ccc(Cl)c(Cl)c1. The molecule has 0 atom stereocenters. The number of rotatable bonds is 2. The van der Waals surface area contributed by atoms with Crippen molar-refractivity contribution in [1.29, 1.82) is 0 Å². The van der Waals surface area contributed by atoms with Crippen molar-refractivity contribution in [2.75, 3.05) is 0 Å². The third-order valence-electron chi connectivity index (χ3n) is 2.39. The molecule has 0 aliphatic carbocycles. The molecule has 0 aromatic heterocycles. The molecule has 0 fully saturated rings. The van der Waals surface area contributed by atoms with Gasteiger partial charge in [-0.1, -0.05) is 40.9 Å². The normalized spacial score (nSPS) is 10.4. The second-order valence-corrected chi connectivity index (χ2v) is 4.80. The highest BCUT2D eigenvalue weighted by atomic mass is 35.5. The molecule has 6 heteroatoms. The molecule has 92 valence electrons. The summed E-state index contributed by atoms with van der Waals surface area (Å²) in [7, 11) is 0. The molecule has 0 heterocycles. The highest BCUT2D eigenvalue weighted by Gasteiger charge is 2.16. The third-order valence-corrected chi connectivity index (χ3v) is 3.36. The van der Waals surface area contributed by atoms with E-state index in [1.807, 2.05) is 0 Å². The topological polar surface area (TPSA) is 43.1 Å². The van der Waals surface area contributed by atoms with Gasteiger partial charge in [0.25, 0.3) is 5.69 Å². The summed E-state index contributed by atoms with van der Waals surface area (Å²) in [6, 6.07) is 9.33. The fourth-order valence-corrected chi connectivity index (χ4v) is 2.03. The molecule has 0 saturated heterocycles. The summed E-state index contributed by atoms with van der Waals surface area (Å²) in [6.45, 7) is 0. The van der Waals surface area contributed by atoms with E-state index in [-0.39, 0.29) is 5.69 Å². The first-order valence-electron chi connectivity index (χ1n) is 4.88. The minimum absolute atomic E-state index is 0.0686. The number of nitro groups is 1. The molecular weight excluding hydrogens is 296 g/mol. The Balaban J connectivity index is 2.63. The van der Waals surface area contributed by atoms with Gasteiger partial charge in [0.15, 0.2) is 0 Å². The predicted molar refractivity (Wildman–Crippen MR) is 73.6 cm³/mol. The van der Waals surface area contributed by atoms with Crippen LogP contribution in [0.15, 0.2) is 36.4 Å². The zero-order valence-corrected chi connectivity index (χ0v) is 11.1. The monoisotopic (exact) mass is 301 g/mol. The van der Waals surface area contributed by atoms with Crippen LogP contribution in [-0.4, -0.2) is 4.92 Å². The molecule has 0 aliphatic rings. The first-order valence-corrected chi connectivity index (χ1v) is 6.02. The van der Waals surface area contributed by atoms with Crippen LogP contribution >= 0.6 is 34.8 Å². The molecule has 0 radical (unpaired) electrons. The molecular formula is C12H6Cl3NO2. The van der Waals surface area contributed by atoms with Crippen LogP contribution in [0.25, 0.3) is 11.1 Å². The van der Waals surface area contributed by atoms with Gasteiger partial charge in [0.05, 0.1) is 20.5 Å². The van der Waals surface area contributed by atoms with E-state index in [0.29, 0.717) is 26.2 Å². The molecule has 2 aromatic carbocycles. The molecule has 0 spiro atoms. The molecule has 0 bridgehead atoms. The summed E-state index contributed by atoms with van der Waals surface area (Å²) in [4.78, 5) is 10.5. The van der Waals surface area contributed by atoms with Gasteiger partial charge in [0.1, 0.15) is 0 Å². The average Bonchev–Trinajstić information content (AvgIpc) is 2.32. The van der Waals surface area contributed by atoms with Crippen molar-refractivity contribution in [2.45, 2.75) is 0 Å². The van der Waals surface area contributed by atoms with E-state index in [1.54, 1.807) is 30.3 Å². The fraction of sp³-hybridized carbons (Fsp3) is 0. The van der Waals surface area contributed by atoms with Crippen molar-refractivity contribution >= 4 is 40.5 Å². The maximum absolute atomic E-state index is 11.0. The van der Waals surface area contributed by atoms with Crippen LogP contribution < -0.4 is 0 Å². The quantitative estimate of drug-likeness (QED) is 0.563. The highest BCUT2D eigenvalue weighted by Crippen LogP contribution is 2.35. The molecule has 0 amide bonds. The van der Waals surface area contributed by atoms with Crippen LogP contribution in [0.2, 0.25) is 15.1 Å². The minimum atomic E-state index is -0.482. The fourth-order valence-electron chi connectivity index (χ4n) is 1.56. The average molecular weight is 303 g/mol. The maximum Gasteiger partial charge on any atom is 0.278 e. The molecule has 2 aromatic rings. The predicted octanol–water partition coefficient (Wildman–Crippen LogP) is 5.22. The van der Waals surface area contributed by atoms with Gasteiger partial charge in [-0.2, -0.15) is 0 Å². The number of nitrogens with zero attached hydrogens (tertiary/aromatic N) is 1. The minimum Gasteiger partial charge on any atom is -0.258 e. The van der Waals surface area contributed by atoms with Crippen molar-refractivity contribution in [3.8, 4) is 11.1 Å². The summed E-state index contributed by atoms with van der Waals surface area (Å²) in [6.07, 6.45) is 0. The van der Waals surface area contributed by atoms with Crippen molar-refractivity contribution in [2.24, 2.45) is 0 Å². The van der Waals surface area contributed by atoms with Gasteiger partial charge in [-0.3, -0.25) is 10.1 Å². The van der Waals surface area contributed by atoms with Crippen molar-refractivity contribution < 1.29 is 4.92 Å². The lowest BCUT2D eigenvalue weighted by atomic mass is 10.0. The Bertz CT molecular complexity index is 629. The van der Waals surface area contributed by atoms with Crippen LogP contribution in [0.3, 0.4) is 0 Å². The lowest BCUT2D eigenvalue weighted by Gasteiger charge is -2.05. The number of nitro benzene ring substituents is 1. The Morgan fingerprint density at radius 3 is 2.28 bits per heavy atom. The largest absolute Gasteiger partial charge is 0.278 e. The van der Waals surface area contributed by atoms with Crippen LogP contribution in [0.5, 0.6) is 0 Å². The summed E-state index contributed by atoms with van der Waals surface area (Å²) >= 11 is 17.5. The Kier molecular flexibility index (Phi) is 3.76. The molecule has 0 unspecified atom stereocenters. The van der Waals surface area contributed by atoms with Crippen molar-refractivity contribution in [1.82, 2.24) is 0 Å². The lowest BCUT2D eigenvalue weighted by Crippen LogP contribution is -1.92. The first-order chi connectivity index (χ1) is 8.49. The van der Waals surface area contributed by atoms with Gasteiger partial charge in [-0.15, -0.1) is 0 Å². The molecule has 0 saturated carbocycles. The van der Waals surface area contributed by atoms with E-state index in [2.05, 4.69) is 0 Å². The summed E-state index contributed by atoms with van der Waals surface area (Å²) in [5.41, 5.74) is 0.997. The zero-order valence-electron chi connectivity index (χ0n) is 8.86. The Morgan fingerprint density at radius 2 is 1.67 bits per heavy atom. The number of hydrogen-bond donors (Lipinski definition) is 0. The van der Waals surface area contributed by atoms with Gasteiger partial charge in [0.2, 0.25) is 0 Å². The second kappa shape index (κ2) is 5.14. The maximum atomic E-state index is 11.0. The van der Waals surface area contributed by atoms with Crippen LogP contribution in [0, 0.1) is 10.1 Å². The van der Waals surface area contributed by atoms with Gasteiger partial charge in [-0.25, -0.2) is 0 Å². The standard InChI is InChI=1S/C12H6Cl3NO2/c13-8-2-3-9(12(6-8)16(17)18)7-1-4-10(14)11(15)5-7/h1-6H. The first kappa shape index (κ1) is 13.1. The number of hydrogen-bond acceptors (Lipinski definition) is 2. The molecule has 0 aliphatic heterocycles. The van der Waals surface area contributed by atoms with Gasteiger partial charge in [0, 0.05) is 11.1 Å². The zero-order chi connectivity index (χ0) is 13.3. The van der Waals surface area contributed by atoms with E-state index in [0.717, 1.165) is 0 Å². The summed E-state index contributed by atoms with van der Waals surface area (Å²) in [5.74, 6) is 0. The van der Waals surface area contributed by atoms with E-state index in [1.165, 1.54) is 6.07 Å². The van der Waals surface area contributed by atoms with Gasteiger partial charge in [-0.05, 0) is 29.8 Å². The van der Waals surface area contributed by atoms with Gasteiger partial charge >= 0.3 is 0 Å². The second-order valence-electron chi connectivity index (χ2n) is 3.55. The molecule has 3 nitrogen and oxygen atoms in total. The molecule has 0 N–H and O–H groups in total. The van der Waals surface area contributed by atoms with E-state index in [4.69, 9.17) is 34.8 Å². The molecule has 18 heavy (non-hydrogen) atoms. The summed E-state index contributed by atoms with van der Waals surface area (Å²) in [5, 5.41) is 12.0. The summed E-state index contributed by atoms with van der Waals surface area (Å²) < 4.78 is 0. The van der Waals surface area contributed by atoms with E-state index < -0.39 is 4.92 Å². The molecule has 2 rings (SSSR count).